The van der Waals surface area contributed by atoms with Gasteiger partial charge in [-0.15, -0.1) is 0 Å². The van der Waals surface area contributed by atoms with E-state index in [1.807, 2.05) is 0 Å². The Balaban J connectivity index is 2.55. The van der Waals surface area contributed by atoms with Gasteiger partial charge < -0.3 is 10.6 Å². The molecule has 0 spiro atoms. The average molecular weight is 157 g/mol. The minimum absolute atomic E-state index is 0.536. The molecule has 0 saturated carbocycles. The monoisotopic (exact) mass is 157 g/mol. The molecule has 11 heavy (non-hydrogen) atoms. The van der Waals surface area contributed by atoms with Crippen LogP contribution < -0.4 is 5.73 Å². The Morgan fingerprint density at radius 2 is 1.82 bits per heavy atom. The molecule has 1 saturated heterocycles. The van der Waals surface area contributed by atoms with Gasteiger partial charge in [0.25, 0.3) is 0 Å². The topological polar surface area (TPSA) is 32.5 Å². The van der Waals surface area contributed by atoms with E-state index in [1.165, 1.54) is 0 Å². The minimum atomic E-state index is 0.536. The number of rotatable bonds is 1. The zero-order valence-electron chi connectivity index (χ0n) is 7.75. The van der Waals surface area contributed by atoms with Gasteiger partial charge in [0, 0.05) is 31.7 Å². The van der Waals surface area contributed by atoms with Crippen LogP contribution in [0.1, 0.15) is 6.92 Å². The Kier molecular flexibility index (Phi) is 2.87. The number of likely N-dealkylation sites (N-methyl/N-ethyl adjacent to an activating group) is 2. The van der Waals surface area contributed by atoms with Crippen molar-refractivity contribution in [1.29, 1.82) is 0 Å². The summed E-state index contributed by atoms with van der Waals surface area (Å²) in [6.07, 6.45) is 0. The van der Waals surface area contributed by atoms with Gasteiger partial charge in [0.2, 0.25) is 0 Å². The first-order valence-corrected chi connectivity index (χ1v) is 4.27. The van der Waals surface area contributed by atoms with Gasteiger partial charge in [-0.1, -0.05) is 0 Å². The molecule has 0 radical (unpaired) electrons. The van der Waals surface area contributed by atoms with Crippen LogP contribution in [-0.4, -0.2) is 55.6 Å². The van der Waals surface area contributed by atoms with E-state index in [-0.39, 0.29) is 0 Å². The van der Waals surface area contributed by atoms with Crippen LogP contribution in [0.2, 0.25) is 0 Å². The highest BCUT2D eigenvalue weighted by Crippen LogP contribution is 2.12. The zero-order valence-corrected chi connectivity index (χ0v) is 7.75. The molecule has 0 unspecified atom stereocenters. The summed E-state index contributed by atoms with van der Waals surface area (Å²) >= 11 is 0. The lowest BCUT2D eigenvalue weighted by atomic mass is 10.0. The molecule has 0 aliphatic carbocycles. The fourth-order valence-corrected chi connectivity index (χ4v) is 1.72. The van der Waals surface area contributed by atoms with Crippen molar-refractivity contribution in [2.75, 3.05) is 33.7 Å². The van der Waals surface area contributed by atoms with Crippen molar-refractivity contribution < 1.29 is 0 Å². The molecule has 1 heterocycles. The molecule has 0 aromatic carbocycles. The van der Waals surface area contributed by atoms with E-state index in [0.29, 0.717) is 12.1 Å². The maximum Gasteiger partial charge on any atom is 0.0368 e. The summed E-state index contributed by atoms with van der Waals surface area (Å²) in [5, 5.41) is 0. The highest BCUT2D eigenvalue weighted by molar-refractivity contribution is 4.86. The van der Waals surface area contributed by atoms with Crippen molar-refractivity contribution >= 4 is 0 Å². The number of hydrogen-bond acceptors (Lipinski definition) is 3. The van der Waals surface area contributed by atoms with Crippen LogP contribution in [0.25, 0.3) is 0 Å². The molecule has 1 aliphatic heterocycles. The first-order valence-electron chi connectivity index (χ1n) is 4.27. The summed E-state index contributed by atoms with van der Waals surface area (Å²) in [5.74, 6) is 0. The maximum absolute atomic E-state index is 5.68. The van der Waals surface area contributed by atoms with Gasteiger partial charge in [-0.2, -0.15) is 0 Å². The van der Waals surface area contributed by atoms with E-state index >= 15 is 0 Å². The number of piperazine rings is 1. The van der Waals surface area contributed by atoms with E-state index in [1.54, 1.807) is 0 Å². The van der Waals surface area contributed by atoms with Crippen molar-refractivity contribution in [2.24, 2.45) is 5.73 Å². The molecule has 1 fully saturated rings. The SMILES string of the molecule is C[C@@H]1[C@@H](CN)N(C)CCN1C. The molecule has 2 N–H and O–H groups in total. The first kappa shape index (κ1) is 8.97. The Hall–Kier alpha value is -0.120. The van der Waals surface area contributed by atoms with Crippen LogP contribution in [0.4, 0.5) is 0 Å². The summed E-state index contributed by atoms with van der Waals surface area (Å²) < 4.78 is 0. The van der Waals surface area contributed by atoms with Gasteiger partial charge >= 0.3 is 0 Å². The van der Waals surface area contributed by atoms with Crippen molar-refractivity contribution in [3.63, 3.8) is 0 Å². The van der Waals surface area contributed by atoms with Crippen molar-refractivity contribution in [3.8, 4) is 0 Å². The van der Waals surface area contributed by atoms with Crippen LogP contribution in [0.15, 0.2) is 0 Å². The summed E-state index contributed by atoms with van der Waals surface area (Å²) in [7, 11) is 4.32. The van der Waals surface area contributed by atoms with Crippen molar-refractivity contribution in [2.45, 2.75) is 19.0 Å². The van der Waals surface area contributed by atoms with E-state index in [0.717, 1.165) is 19.6 Å². The van der Waals surface area contributed by atoms with E-state index < -0.39 is 0 Å². The molecule has 1 rings (SSSR count). The third-order valence-electron chi connectivity index (χ3n) is 2.87. The Morgan fingerprint density at radius 3 is 2.27 bits per heavy atom. The molecule has 0 aromatic rings. The molecule has 0 aromatic heterocycles. The van der Waals surface area contributed by atoms with Crippen LogP contribution in [-0.2, 0) is 0 Å². The third kappa shape index (κ3) is 1.72. The van der Waals surface area contributed by atoms with Crippen LogP contribution >= 0.6 is 0 Å². The first-order chi connectivity index (χ1) is 5.16. The number of nitrogens with two attached hydrogens (primary N) is 1. The fraction of sp³-hybridized carbons (Fsp3) is 1.00. The number of nitrogens with zero attached hydrogens (tertiary/aromatic N) is 2. The lowest BCUT2D eigenvalue weighted by Gasteiger charge is -2.42. The standard InChI is InChI=1S/C8H19N3/c1-7-8(6-9)11(3)5-4-10(7)2/h7-8H,4-6,9H2,1-3H3/t7-,8-/m1/s1. The Labute approximate surface area is 69.1 Å². The van der Waals surface area contributed by atoms with Crippen LogP contribution in [0, 0.1) is 0 Å². The molecule has 66 valence electrons. The Morgan fingerprint density at radius 1 is 1.27 bits per heavy atom. The summed E-state index contributed by atoms with van der Waals surface area (Å²) in [6, 6.07) is 1.13. The molecular weight excluding hydrogens is 138 g/mol. The molecule has 0 bridgehead atoms. The summed E-state index contributed by atoms with van der Waals surface area (Å²) in [5.41, 5.74) is 5.68. The fourth-order valence-electron chi connectivity index (χ4n) is 1.72. The van der Waals surface area contributed by atoms with E-state index in [4.69, 9.17) is 5.73 Å². The second kappa shape index (κ2) is 3.52. The van der Waals surface area contributed by atoms with Gasteiger partial charge in [0.05, 0.1) is 0 Å². The van der Waals surface area contributed by atoms with Crippen molar-refractivity contribution in [3.05, 3.63) is 0 Å². The van der Waals surface area contributed by atoms with E-state index in [9.17, 15) is 0 Å². The molecular formula is C8H19N3. The largest absolute Gasteiger partial charge is 0.329 e. The van der Waals surface area contributed by atoms with Crippen LogP contribution in [0.3, 0.4) is 0 Å². The smallest absolute Gasteiger partial charge is 0.0368 e. The second-order valence-electron chi connectivity index (χ2n) is 3.50. The molecule has 2 atom stereocenters. The van der Waals surface area contributed by atoms with Gasteiger partial charge in [0.15, 0.2) is 0 Å². The Bertz CT molecular complexity index is 127. The summed E-state index contributed by atoms with van der Waals surface area (Å²) in [6.45, 7) is 5.31. The average Bonchev–Trinajstić information content (AvgIpc) is 1.99. The highest BCUT2D eigenvalue weighted by atomic mass is 15.3. The lowest BCUT2D eigenvalue weighted by Crippen LogP contribution is -2.58. The molecule has 3 nitrogen and oxygen atoms in total. The second-order valence-corrected chi connectivity index (χ2v) is 3.50. The van der Waals surface area contributed by atoms with Gasteiger partial charge in [-0.3, -0.25) is 4.90 Å². The van der Waals surface area contributed by atoms with Gasteiger partial charge in [-0.05, 0) is 21.0 Å². The summed E-state index contributed by atoms with van der Waals surface area (Å²) in [4.78, 5) is 4.72. The molecule has 1 aliphatic rings. The van der Waals surface area contributed by atoms with Gasteiger partial charge in [0.1, 0.15) is 0 Å². The minimum Gasteiger partial charge on any atom is -0.329 e. The quantitative estimate of drug-likeness (QED) is 0.561. The van der Waals surface area contributed by atoms with Crippen molar-refractivity contribution in [1.82, 2.24) is 9.80 Å². The molecule has 3 heteroatoms. The molecule has 0 amide bonds. The lowest BCUT2D eigenvalue weighted by molar-refractivity contribution is 0.0667. The predicted octanol–water partition coefficient (Wildman–Crippen LogP) is -0.421. The normalized spacial score (nSPS) is 36.0. The predicted molar refractivity (Wildman–Crippen MR) is 47.6 cm³/mol. The maximum atomic E-state index is 5.68. The highest BCUT2D eigenvalue weighted by Gasteiger charge is 2.27. The van der Waals surface area contributed by atoms with Gasteiger partial charge in [-0.25, -0.2) is 0 Å². The van der Waals surface area contributed by atoms with Crippen LogP contribution in [0.5, 0.6) is 0 Å². The van der Waals surface area contributed by atoms with E-state index in [2.05, 4.69) is 30.8 Å². The third-order valence-corrected chi connectivity index (χ3v) is 2.87. The zero-order chi connectivity index (χ0) is 8.43. The number of hydrogen-bond donors (Lipinski definition) is 1.